The number of carbonyl (C=O) groups excluding carboxylic acids is 2. The zero-order valence-electron chi connectivity index (χ0n) is 14.7. The number of aliphatic hydroxyl groups excluding tert-OH is 1. The van der Waals surface area contributed by atoms with E-state index in [4.69, 9.17) is 16.7 Å². The number of urea groups is 1. The van der Waals surface area contributed by atoms with E-state index < -0.39 is 40.6 Å². The van der Waals surface area contributed by atoms with E-state index in [-0.39, 0.29) is 23.4 Å². The molecule has 1 heterocycles. The molecular formula is C18H15ClF3N3O4. The van der Waals surface area contributed by atoms with Crippen LogP contribution >= 0.6 is 11.6 Å². The van der Waals surface area contributed by atoms with Gasteiger partial charge >= 0.3 is 6.03 Å². The first-order chi connectivity index (χ1) is 13.8. The number of rotatable bonds is 5. The van der Waals surface area contributed by atoms with Gasteiger partial charge in [0, 0.05) is 17.1 Å². The van der Waals surface area contributed by atoms with Crippen LogP contribution in [0.4, 0.5) is 29.5 Å². The SMILES string of the molecule is O=C(Nc1c(F)cccc1Cl)c1cc(F)c(NC(=O)N2CCC2CO)cc1OF. The summed E-state index contributed by atoms with van der Waals surface area (Å²) in [5.41, 5.74) is -1.39. The smallest absolute Gasteiger partial charge is 0.322 e. The van der Waals surface area contributed by atoms with Crippen molar-refractivity contribution in [1.29, 1.82) is 0 Å². The first-order valence-electron chi connectivity index (χ1n) is 8.41. The number of aliphatic hydroxyl groups is 1. The lowest BCUT2D eigenvalue weighted by molar-refractivity contribution is -0.00702. The number of amides is 3. The lowest BCUT2D eigenvalue weighted by Crippen LogP contribution is -2.54. The topological polar surface area (TPSA) is 90.9 Å². The highest BCUT2D eigenvalue weighted by Gasteiger charge is 2.32. The van der Waals surface area contributed by atoms with Gasteiger partial charge in [-0.05, 0) is 24.6 Å². The number of para-hydroxylation sites is 1. The predicted molar refractivity (Wildman–Crippen MR) is 98.7 cm³/mol. The molecule has 3 rings (SSSR count). The Hall–Kier alpha value is -2.98. The van der Waals surface area contributed by atoms with Crippen LogP contribution in [0.25, 0.3) is 0 Å². The molecule has 1 unspecified atom stereocenters. The highest BCUT2D eigenvalue weighted by molar-refractivity contribution is 6.34. The molecule has 0 aromatic heterocycles. The molecule has 2 aromatic rings. The number of hydrogen-bond donors (Lipinski definition) is 3. The van der Waals surface area contributed by atoms with E-state index in [0.717, 1.165) is 12.1 Å². The summed E-state index contributed by atoms with van der Waals surface area (Å²) in [5.74, 6) is -3.67. The molecule has 1 fully saturated rings. The normalized spacial score (nSPS) is 15.5. The third kappa shape index (κ3) is 4.22. The van der Waals surface area contributed by atoms with E-state index in [1.807, 2.05) is 0 Å². The summed E-state index contributed by atoms with van der Waals surface area (Å²) in [6, 6.07) is 4.01. The fourth-order valence-electron chi connectivity index (χ4n) is 2.77. The van der Waals surface area contributed by atoms with Crippen molar-refractivity contribution < 1.29 is 32.9 Å². The van der Waals surface area contributed by atoms with Crippen molar-refractivity contribution >= 4 is 34.9 Å². The Morgan fingerprint density at radius 3 is 2.59 bits per heavy atom. The molecule has 0 radical (unpaired) electrons. The highest BCUT2D eigenvalue weighted by Crippen LogP contribution is 2.31. The quantitative estimate of drug-likeness (QED) is 0.675. The van der Waals surface area contributed by atoms with Crippen molar-refractivity contribution in [3.8, 4) is 5.75 Å². The van der Waals surface area contributed by atoms with Crippen LogP contribution in [0.3, 0.4) is 0 Å². The Kier molecular flexibility index (Phi) is 6.14. The Labute approximate surface area is 167 Å². The van der Waals surface area contributed by atoms with Crippen molar-refractivity contribution in [3.63, 3.8) is 0 Å². The number of carbonyl (C=O) groups is 2. The molecule has 0 bridgehead atoms. The third-order valence-corrected chi connectivity index (χ3v) is 4.77. The molecule has 1 aliphatic rings. The highest BCUT2D eigenvalue weighted by atomic mass is 35.5. The molecule has 29 heavy (non-hydrogen) atoms. The van der Waals surface area contributed by atoms with E-state index in [1.165, 1.54) is 17.0 Å². The van der Waals surface area contributed by atoms with E-state index in [0.29, 0.717) is 19.0 Å². The van der Waals surface area contributed by atoms with Crippen molar-refractivity contribution in [2.75, 3.05) is 23.8 Å². The van der Waals surface area contributed by atoms with Gasteiger partial charge in [-0.2, -0.15) is 0 Å². The van der Waals surface area contributed by atoms with Crippen LogP contribution in [-0.2, 0) is 0 Å². The number of likely N-dealkylation sites (tertiary alicyclic amines) is 1. The van der Waals surface area contributed by atoms with Gasteiger partial charge in [0.05, 0.1) is 34.6 Å². The minimum atomic E-state index is -1.08. The van der Waals surface area contributed by atoms with Crippen LogP contribution in [0.1, 0.15) is 16.8 Å². The van der Waals surface area contributed by atoms with Crippen LogP contribution in [0.2, 0.25) is 5.02 Å². The van der Waals surface area contributed by atoms with Gasteiger partial charge in [0.25, 0.3) is 5.91 Å². The summed E-state index contributed by atoms with van der Waals surface area (Å²) in [5, 5.41) is 13.4. The van der Waals surface area contributed by atoms with Crippen LogP contribution < -0.4 is 15.6 Å². The minimum Gasteiger partial charge on any atom is -0.394 e. The first kappa shape index (κ1) is 20.7. The molecular weight excluding hydrogens is 415 g/mol. The lowest BCUT2D eigenvalue weighted by Gasteiger charge is -2.39. The molecule has 154 valence electrons. The molecule has 1 saturated heterocycles. The molecule has 0 saturated carbocycles. The molecule has 1 aliphatic heterocycles. The van der Waals surface area contributed by atoms with Gasteiger partial charge in [-0.15, -0.1) is 0 Å². The predicted octanol–water partition coefficient (Wildman–Crippen LogP) is 3.73. The van der Waals surface area contributed by atoms with Crippen LogP contribution in [0, 0.1) is 11.6 Å². The van der Waals surface area contributed by atoms with E-state index in [9.17, 15) is 22.9 Å². The van der Waals surface area contributed by atoms with E-state index in [1.54, 1.807) is 0 Å². The second kappa shape index (κ2) is 8.58. The monoisotopic (exact) mass is 429 g/mol. The van der Waals surface area contributed by atoms with Gasteiger partial charge in [0.2, 0.25) is 0 Å². The van der Waals surface area contributed by atoms with Gasteiger partial charge in [-0.25, -0.2) is 13.6 Å². The number of anilines is 2. The Bertz CT molecular complexity index is 938. The number of nitrogens with one attached hydrogen (secondary N) is 2. The van der Waals surface area contributed by atoms with Gasteiger partial charge in [0.1, 0.15) is 11.6 Å². The summed E-state index contributed by atoms with van der Waals surface area (Å²) in [7, 11) is 0. The average Bonchev–Trinajstić information content (AvgIpc) is 2.65. The second-order valence-electron chi connectivity index (χ2n) is 6.20. The molecule has 3 N–H and O–H groups in total. The molecule has 3 amide bonds. The fourth-order valence-corrected chi connectivity index (χ4v) is 2.98. The van der Waals surface area contributed by atoms with Crippen molar-refractivity contribution in [2.45, 2.75) is 12.5 Å². The Balaban J connectivity index is 1.82. The van der Waals surface area contributed by atoms with Crippen molar-refractivity contribution in [1.82, 2.24) is 4.90 Å². The maximum Gasteiger partial charge on any atom is 0.322 e. The maximum absolute atomic E-state index is 14.4. The van der Waals surface area contributed by atoms with Gasteiger partial charge < -0.3 is 20.6 Å². The summed E-state index contributed by atoms with van der Waals surface area (Å²) < 4.78 is 41.2. The minimum absolute atomic E-state index is 0.113. The average molecular weight is 430 g/mol. The van der Waals surface area contributed by atoms with Gasteiger partial charge in [-0.3, -0.25) is 9.74 Å². The summed E-state index contributed by atoms with van der Waals surface area (Å²) in [4.78, 5) is 29.4. The molecule has 2 aromatic carbocycles. The molecule has 7 nitrogen and oxygen atoms in total. The number of nitrogens with zero attached hydrogens (tertiary/aromatic N) is 1. The summed E-state index contributed by atoms with van der Waals surface area (Å²) >= 11 is 5.82. The van der Waals surface area contributed by atoms with Gasteiger partial charge in [-0.1, -0.05) is 17.7 Å². The van der Waals surface area contributed by atoms with E-state index >= 15 is 0 Å². The second-order valence-corrected chi connectivity index (χ2v) is 6.61. The summed E-state index contributed by atoms with van der Waals surface area (Å²) in [6.45, 7) is 0.126. The lowest BCUT2D eigenvalue weighted by atomic mass is 10.1. The van der Waals surface area contributed by atoms with Gasteiger partial charge in [0.15, 0.2) is 5.75 Å². The zero-order valence-corrected chi connectivity index (χ0v) is 15.5. The maximum atomic E-state index is 14.4. The standard InChI is InChI=1S/C18H15ClF3N3O4/c19-11-2-1-3-12(20)16(11)24-17(27)10-6-13(21)14(7-15(10)29-22)23-18(28)25-5-4-9(25)8-26/h1-3,6-7,9,26H,4-5,8H2,(H,23,28)(H,24,27). The number of benzene rings is 2. The molecule has 11 heteroatoms. The van der Waals surface area contributed by atoms with Crippen LogP contribution in [0.5, 0.6) is 5.75 Å². The zero-order chi connectivity index (χ0) is 21.1. The van der Waals surface area contributed by atoms with Crippen molar-refractivity contribution in [3.05, 3.63) is 52.6 Å². The molecule has 0 aliphatic carbocycles. The van der Waals surface area contributed by atoms with Crippen LogP contribution in [0.15, 0.2) is 30.3 Å². The Morgan fingerprint density at radius 2 is 2.00 bits per heavy atom. The third-order valence-electron chi connectivity index (χ3n) is 4.46. The van der Waals surface area contributed by atoms with E-state index in [2.05, 4.69) is 15.6 Å². The number of hydrogen-bond acceptors (Lipinski definition) is 4. The largest absolute Gasteiger partial charge is 0.394 e. The van der Waals surface area contributed by atoms with Crippen LogP contribution in [-0.4, -0.2) is 41.1 Å². The Morgan fingerprint density at radius 1 is 1.24 bits per heavy atom. The molecule has 0 spiro atoms. The van der Waals surface area contributed by atoms with Crippen molar-refractivity contribution in [2.24, 2.45) is 0 Å². The molecule has 1 atom stereocenters. The first-order valence-corrected chi connectivity index (χ1v) is 8.79. The number of halogens is 4. The summed E-state index contributed by atoms with van der Waals surface area (Å²) in [6.07, 6.45) is 0.600. The fraction of sp³-hybridized carbons (Fsp3) is 0.222.